The van der Waals surface area contributed by atoms with E-state index in [0.29, 0.717) is 12.3 Å². The van der Waals surface area contributed by atoms with Crippen molar-refractivity contribution in [2.24, 2.45) is 17.1 Å². The molecule has 1 aliphatic heterocycles. The van der Waals surface area contributed by atoms with Crippen molar-refractivity contribution in [2.45, 2.75) is 76.2 Å². The van der Waals surface area contributed by atoms with Crippen LogP contribution >= 0.6 is 0 Å². The van der Waals surface area contributed by atoms with E-state index in [2.05, 4.69) is 0 Å². The highest BCUT2D eigenvalue weighted by Gasteiger charge is 2.47. The van der Waals surface area contributed by atoms with Crippen LogP contribution in [0.25, 0.3) is 0 Å². The van der Waals surface area contributed by atoms with Gasteiger partial charge in [-0.2, -0.15) is 0 Å². The van der Waals surface area contributed by atoms with Gasteiger partial charge in [0, 0.05) is 24.5 Å². The summed E-state index contributed by atoms with van der Waals surface area (Å²) in [5.41, 5.74) is 5.89. The van der Waals surface area contributed by atoms with Crippen LogP contribution in [0.2, 0.25) is 0 Å². The third kappa shape index (κ3) is 2.55. The first kappa shape index (κ1) is 14.5. The van der Waals surface area contributed by atoms with Crippen LogP contribution in [0.4, 0.5) is 0 Å². The Morgan fingerprint density at radius 3 is 2.35 bits per heavy atom. The number of hydrogen-bond donors (Lipinski definition) is 1. The molecule has 2 N–H and O–H groups in total. The lowest BCUT2D eigenvalue weighted by Gasteiger charge is -2.43. The number of hydrogen-bond acceptors (Lipinski definition) is 3. The maximum absolute atomic E-state index is 13.1. The molecule has 1 unspecified atom stereocenters. The van der Waals surface area contributed by atoms with E-state index < -0.39 is 0 Å². The first-order valence-corrected chi connectivity index (χ1v) is 8.58. The van der Waals surface area contributed by atoms with Crippen molar-refractivity contribution in [1.29, 1.82) is 0 Å². The van der Waals surface area contributed by atoms with E-state index in [1.807, 2.05) is 0 Å². The highest BCUT2D eigenvalue weighted by molar-refractivity contribution is 5.87. The highest BCUT2D eigenvalue weighted by Crippen LogP contribution is 2.46. The fraction of sp³-hybridized carbons (Fsp3) is 0.941. The normalized spacial score (nSPS) is 32.4. The Morgan fingerprint density at radius 2 is 1.70 bits per heavy atom. The van der Waals surface area contributed by atoms with Crippen LogP contribution in [-0.2, 0) is 9.53 Å². The number of carbonyl (C=O) groups is 1. The van der Waals surface area contributed by atoms with Gasteiger partial charge in [0.15, 0.2) is 0 Å². The van der Waals surface area contributed by atoms with Crippen LogP contribution in [0.5, 0.6) is 0 Å². The molecule has 0 amide bonds. The fourth-order valence-corrected chi connectivity index (χ4v) is 4.83. The number of rotatable bonds is 3. The first-order chi connectivity index (χ1) is 9.70. The smallest absolute Gasteiger partial charge is 0.143 e. The van der Waals surface area contributed by atoms with Crippen molar-refractivity contribution in [3.05, 3.63) is 0 Å². The molecule has 0 bridgehead atoms. The van der Waals surface area contributed by atoms with E-state index in [-0.39, 0.29) is 16.9 Å². The quantitative estimate of drug-likeness (QED) is 0.863. The van der Waals surface area contributed by atoms with Gasteiger partial charge in [-0.15, -0.1) is 0 Å². The summed E-state index contributed by atoms with van der Waals surface area (Å²) in [5, 5.41) is 0. The van der Waals surface area contributed by atoms with Crippen molar-refractivity contribution < 1.29 is 9.53 Å². The first-order valence-electron chi connectivity index (χ1n) is 8.58. The van der Waals surface area contributed by atoms with Gasteiger partial charge < -0.3 is 10.5 Å². The summed E-state index contributed by atoms with van der Waals surface area (Å²) in [6, 6.07) is 0. The summed E-state index contributed by atoms with van der Waals surface area (Å²) in [6.07, 6.45) is 12.4. The molecule has 0 aromatic heterocycles. The maximum Gasteiger partial charge on any atom is 0.143 e. The van der Waals surface area contributed by atoms with E-state index >= 15 is 0 Å². The molecular formula is C17H29NO2. The van der Waals surface area contributed by atoms with E-state index in [1.165, 1.54) is 32.1 Å². The average Bonchev–Trinajstić information content (AvgIpc) is 2.95. The van der Waals surface area contributed by atoms with Gasteiger partial charge in [-0.05, 0) is 38.5 Å². The Bertz CT molecular complexity index is 354. The maximum atomic E-state index is 13.1. The largest absolute Gasteiger partial charge is 0.375 e. The minimum atomic E-state index is -0.194. The third-order valence-corrected chi connectivity index (χ3v) is 6.10. The molecule has 2 aliphatic carbocycles. The predicted molar refractivity (Wildman–Crippen MR) is 79.5 cm³/mol. The van der Waals surface area contributed by atoms with Gasteiger partial charge in [-0.25, -0.2) is 0 Å². The Labute approximate surface area is 122 Å². The van der Waals surface area contributed by atoms with Crippen molar-refractivity contribution >= 4 is 5.78 Å². The monoisotopic (exact) mass is 279 g/mol. The number of ether oxygens (including phenoxy) is 1. The number of ketones is 1. The Hall–Kier alpha value is -0.410. The van der Waals surface area contributed by atoms with Crippen molar-refractivity contribution in [3.8, 4) is 0 Å². The van der Waals surface area contributed by atoms with E-state index in [4.69, 9.17) is 10.5 Å². The van der Waals surface area contributed by atoms with Crippen molar-refractivity contribution in [2.75, 3.05) is 13.2 Å². The van der Waals surface area contributed by atoms with Gasteiger partial charge in [0.1, 0.15) is 5.78 Å². The zero-order valence-corrected chi connectivity index (χ0v) is 12.7. The van der Waals surface area contributed by atoms with Gasteiger partial charge in [0.25, 0.3) is 0 Å². The van der Waals surface area contributed by atoms with Crippen LogP contribution in [-0.4, -0.2) is 24.5 Å². The standard InChI is InChI=1S/C17H29NO2/c18-13-16(7-2-1-3-8-16)15(19)14-6-11-20-17(12-14)9-4-5-10-17/h14H,1-13,18H2. The molecule has 1 heterocycles. The Kier molecular flexibility index (Phi) is 4.19. The molecule has 0 aromatic rings. The predicted octanol–water partition coefficient (Wildman–Crippen LogP) is 3.20. The fourth-order valence-electron chi connectivity index (χ4n) is 4.83. The summed E-state index contributed by atoms with van der Waals surface area (Å²) in [6.45, 7) is 1.33. The number of Topliss-reactive ketones (excluding diaryl/α,β-unsaturated/α-hetero) is 1. The molecule has 3 nitrogen and oxygen atoms in total. The lowest BCUT2D eigenvalue weighted by Crippen LogP contribution is -2.48. The van der Waals surface area contributed by atoms with Crippen LogP contribution in [0, 0.1) is 11.3 Å². The van der Waals surface area contributed by atoms with E-state index in [9.17, 15) is 4.79 Å². The molecule has 3 fully saturated rings. The minimum absolute atomic E-state index is 0.0447. The molecule has 1 atom stereocenters. The summed E-state index contributed by atoms with van der Waals surface area (Å²) in [4.78, 5) is 13.1. The molecule has 3 heteroatoms. The molecule has 0 aromatic carbocycles. The molecule has 3 aliphatic rings. The van der Waals surface area contributed by atoms with Gasteiger partial charge in [-0.3, -0.25) is 4.79 Å². The van der Waals surface area contributed by atoms with Crippen LogP contribution in [0.15, 0.2) is 0 Å². The SMILES string of the molecule is NCC1(C(=O)C2CCOC3(CCCC3)C2)CCCCC1. The number of carbonyl (C=O) groups excluding carboxylic acids is 1. The van der Waals surface area contributed by atoms with Crippen molar-refractivity contribution in [1.82, 2.24) is 0 Å². The molecule has 1 spiro atoms. The van der Waals surface area contributed by atoms with Gasteiger partial charge in [0.2, 0.25) is 0 Å². The Balaban J connectivity index is 1.72. The molecule has 20 heavy (non-hydrogen) atoms. The highest BCUT2D eigenvalue weighted by atomic mass is 16.5. The second kappa shape index (κ2) is 5.76. The summed E-state index contributed by atoms with van der Waals surface area (Å²) in [5.74, 6) is 0.692. The number of nitrogens with two attached hydrogens (primary N) is 1. The second-order valence-corrected chi connectivity index (χ2v) is 7.34. The van der Waals surface area contributed by atoms with E-state index in [0.717, 1.165) is 45.1 Å². The van der Waals surface area contributed by atoms with Crippen LogP contribution < -0.4 is 5.73 Å². The molecule has 114 valence electrons. The molecule has 3 rings (SSSR count). The lowest BCUT2D eigenvalue weighted by atomic mass is 9.65. The zero-order valence-electron chi connectivity index (χ0n) is 12.7. The topological polar surface area (TPSA) is 52.3 Å². The molecular weight excluding hydrogens is 250 g/mol. The minimum Gasteiger partial charge on any atom is -0.375 e. The van der Waals surface area contributed by atoms with E-state index in [1.54, 1.807) is 0 Å². The molecule has 2 saturated carbocycles. The van der Waals surface area contributed by atoms with Crippen LogP contribution in [0.3, 0.4) is 0 Å². The van der Waals surface area contributed by atoms with Gasteiger partial charge >= 0.3 is 0 Å². The molecule has 1 saturated heterocycles. The molecule has 0 radical (unpaired) electrons. The lowest BCUT2D eigenvalue weighted by molar-refractivity contribution is -0.146. The zero-order chi connectivity index (χ0) is 14.1. The second-order valence-electron chi connectivity index (χ2n) is 7.34. The van der Waals surface area contributed by atoms with Gasteiger partial charge in [-0.1, -0.05) is 32.1 Å². The third-order valence-electron chi connectivity index (χ3n) is 6.10. The average molecular weight is 279 g/mol. The Morgan fingerprint density at radius 1 is 1.05 bits per heavy atom. The van der Waals surface area contributed by atoms with Gasteiger partial charge in [0.05, 0.1) is 5.60 Å². The summed E-state index contributed by atoms with van der Waals surface area (Å²) >= 11 is 0. The summed E-state index contributed by atoms with van der Waals surface area (Å²) in [7, 11) is 0. The van der Waals surface area contributed by atoms with Crippen LogP contribution in [0.1, 0.15) is 70.6 Å². The van der Waals surface area contributed by atoms with Crippen molar-refractivity contribution in [3.63, 3.8) is 0 Å². The summed E-state index contributed by atoms with van der Waals surface area (Å²) < 4.78 is 6.08.